The molecular weight excluding hydrogens is 348 g/mol. The normalized spacial score (nSPS) is 12.1. The van der Waals surface area contributed by atoms with Gasteiger partial charge >= 0.3 is 11.9 Å². The van der Waals surface area contributed by atoms with E-state index in [-0.39, 0.29) is 13.0 Å². The smallest absolute Gasteiger partial charge is 0.305 e. The fraction of sp³-hybridized carbons (Fsp3) is 0.500. The molecule has 7 nitrogen and oxygen atoms in total. The van der Waals surface area contributed by atoms with Crippen molar-refractivity contribution in [3.8, 4) is 11.8 Å². The predicted molar refractivity (Wildman–Crippen MR) is 99.2 cm³/mol. The maximum atomic E-state index is 11.8. The lowest BCUT2D eigenvalue weighted by molar-refractivity contribution is -0.169. The molecule has 0 bridgehead atoms. The summed E-state index contributed by atoms with van der Waals surface area (Å²) in [5.41, 5.74) is -0.742. The maximum Gasteiger partial charge on any atom is 0.305 e. The van der Waals surface area contributed by atoms with Crippen LogP contribution in [0.25, 0.3) is 0 Å². The van der Waals surface area contributed by atoms with Gasteiger partial charge in [-0.3, -0.25) is 14.4 Å². The first-order valence-corrected chi connectivity index (χ1v) is 8.87. The number of ether oxygens (including phenoxy) is 2. The minimum atomic E-state index is -1.55. The van der Waals surface area contributed by atoms with Crippen LogP contribution >= 0.6 is 0 Å². The van der Waals surface area contributed by atoms with Crippen LogP contribution in [0.3, 0.4) is 0 Å². The van der Waals surface area contributed by atoms with Gasteiger partial charge < -0.3 is 14.8 Å². The highest BCUT2D eigenvalue weighted by molar-refractivity contribution is 5.75. The van der Waals surface area contributed by atoms with Crippen molar-refractivity contribution in [3.63, 3.8) is 0 Å². The maximum absolute atomic E-state index is 11.8. The van der Waals surface area contributed by atoms with Crippen molar-refractivity contribution in [2.24, 2.45) is 0 Å². The lowest BCUT2D eigenvalue weighted by Gasteiger charge is -2.33. The SMILES string of the molecule is CCCCC#Cc1cccc(C(CCOC(C)=O)(NC(C)=O)OC(C)=O)n1. The highest BCUT2D eigenvalue weighted by Gasteiger charge is 2.38. The van der Waals surface area contributed by atoms with Crippen LogP contribution in [0.15, 0.2) is 18.2 Å². The van der Waals surface area contributed by atoms with Gasteiger partial charge in [0.05, 0.1) is 6.61 Å². The van der Waals surface area contributed by atoms with E-state index in [1.54, 1.807) is 18.2 Å². The minimum Gasteiger partial charge on any atom is -0.466 e. The monoisotopic (exact) mass is 374 g/mol. The molecule has 0 saturated heterocycles. The zero-order valence-electron chi connectivity index (χ0n) is 16.3. The number of esters is 2. The van der Waals surface area contributed by atoms with Crippen LogP contribution in [0, 0.1) is 11.8 Å². The lowest BCUT2D eigenvalue weighted by atomic mass is 10.0. The third-order valence-electron chi connectivity index (χ3n) is 3.49. The Morgan fingerprint density at radius 3 is 2.52 bits per heavy atom. The van der Waals surface area contributed by atoms with Crippen molar-refractivity contribution in [2.75, 3.05) is 6.61 Å². The molecule has 0 spiro atoms. The number of nitrogens with zero attached hydrogens (tertiary/aromatic N) is 1. The summed E-state index contributed by atoms with van der Waals surface area (Å²) >= 11 is 0. The van der Waals surface area contributed by atoms with Gasteiger partial charge in [-0.1, -0.05) is 25.3 Å². The highest BCUT2D eigenvalue weighted by atomic mass is 16.6. The Kier molecular flexibility index (Phi) is 9.00. The van der Waals surface area contributed by atoms with E-state index in [0.717, 1.165) is 19.3 Å². The van der Waals surface area contributed by atoms with Gasteiger partial charge in [-0.25, -0.2) is 4.98 Å². The van der Waals surface area contributed by atoms with Crippen molar-refractivity contribution in [1.29, 1.82) is 0 Å². The van der Waals surface area contributed by atoms with Gasteiger partial charge in [0.25, 0.3) is 0 Å². The first-order valence-electron chi connectivity index (χ1n) is 8.87. The van der Waals surface area contributed by atoms with Gasteiger partial charge in [0.2, 0.25) is 11.6 Å². The van der Waals surface area contributed by atoms with E-state index in [4.69, 9.17) is 9.47 Å². The Hall–Kier alpha value is -2.88. The predicted octanol–water partition coefficient (Wildman–Crippen LogP) is 2.43. The molecule has 1 amide bonds. The molecule has 146 valence electrons. The topological polar surface area (TPSA) is 94.6 Å². The summed E-state index contributed by atoms with van der Waals surface area (Å²) in [6, 6.07) is 5.09. The standard InChI is InChI=1S/C20H26N2O5/c1-5-6-7-8-10-18-11-9-12-19(21-18)20(22-15(2)23,27-17(4)25)13-14-26-16(3)24/h9,11-12H,5-7,13-14H2,1-4H3,(H,22,23). The summed E-state index contributed by atoms with van der Waals surface area (Å²) < 4.78 is 10.4. The van der Waals surface area contributed by atoms with Gasteiger partial charge in [0, 0.05) is 33.6 Å². The van der Waals surface area contributed by atoms with E-state index in [0.29, 0.717) is 11.4 Å². The Bertz CT molecular complexity index is 717. The van der Waals surface area contributed by atoms with E-state index in [1.807, 2.05) is 0 Å². The van der Waals surface area contributed by atoms with Crippen LogP contribution in [0.4, 0.5) is 0 Å². The van der Waals surface area contributed by atoms with Crippen LogP contribution < -0.4 is 5.32 Å². The van der Waals surface area contributed by atoms with E-state index in [1.165, 1.54) is 20.8 Å². The molecule has 0 fully saturated rings. The van der Waals surface area contributed by atoms with Crippen LogP contribution in [0.5, 0.6) is 0 Å². The van der Waals surface area contributed by atoms with Crippen molar-refractivity contribution in [3.05, 3.63) is 29.6 Å². The van der Waals surface area contributed by atoms with E-state index < -0.39 is 23.6 Å². The summed E-state index contributed by atoms with van der Waals surface area (Å²) in [5, 5.41) is 2.63. The fourth-order valence-corrected chi connectivity index (χ4v) is 2.40. The van der Waals surface area contributed by atoms with Crippen LogP contribution in [-0.4, -0.2) is 29.4 Å². The number of pyridine rings is 1. The molecule has 0 aliphatic carbocycles. The summed E-state index contributed by atoms with van der Waals surface area (Å²) in [5.74, 6) is 4.52. The quantitative estimate of drug-likeness (QED) is 0.325. The molecule has 1 aromatic heterocycles. The number of carbonyl (C=O) groups excluding carboxylic acids is 3. The summed E-state index contributed by atoms with van der Waals surface area (Å²) in [6.07, 6.45) is 2.83. The molecule has 0 aliphatic rings. The first-order chi connectivity index (χ1) is 12.8. The van der Waals surface area contributed by atoms with Crippen molar-refractivity contribution < 1.29 is 23.9 Å². The number of hydrogen-bond acceptors (Lipinski definition) is 6. The number of carbonyl (C=O) groups is 3. The molecule has 27 heavy (non-hydrogen) atoms. The molecule has 0 aliphatic heterocycles. The second-order valence-electron chi connectivity index (χ2n) is 6.01. The largest absolute Gasteiger partial charge is 0.466 e. The number of amides is 1. The van der Waals surface area contributed by atoms with E-state index in [2.05, 4.69) is 29.1 Å². The fourth-order valence-electron chi connectivity index (χ4n) is 2.40. The molecular formula is C20H26N2O5. The highest BCUT2D eigenvalue weighted by Crippen LogP contribution is 2.26. The van der Waals surface area contributed by atoms with Gasteiger partial charge in [0.1, 0.15) is 11.4 Å². The molecule has 7 heteroatoms. The van der Waals surface area contributed by atoms with Crippen LogP contribution in [-0.2, 0) is 29.6 Å². The van der Waals surface area contributed by atoms with Gasteiger partial charge in [-0.2, -0.15) is 0 Å². The molecule has 0 saturated carbocycles. The molecule has 1 rings (SSSR count). The molecule has 1 heterocycles. The number of rotatable bonds is 8. The third-order valence-corrected chi connectivity index (χ3v) is 3.49. The Morgan fingerprint density at radius 1 is 1.19 bits per heavy atom. The van der Waals surface area contributed by atoms with Gasteiger partial charge in [-0.05, 0) is 24.5 Å². The van der Waals surface area contributed by atoms with Crippen LogP contribution in [0.2, 0.25) is 0 Å². The number of nitrogens with one attached hydrogen (secondary N) is 1. The average Bonchev–Trinajstić information content (AvgIpc) is 2.57. The molecule has 0 aromatic carbocycles. The summed E-state index contributed by atoms with van der Waals surface area (Å²) in [7, 11) is 0. The van der Waals surface area contributed by atoms with Crippen molar-refractivity contribution >= 4 is 17.8 Å². The minimum absolute atomic E-state index is 0.0193. The summed E-state index contributed by atoms with van der Waals surface area (Å²) in [4.78, 5) is 39.0. The molecule has 0 radical (unpaired) electrons. The number of aromatic nitrogens is 1. The second-order valence-corrected chi connectivity index (χ2v) is 6.01. The Labute approximate surface area is 159 Å². The Morgan fingerprint density at radius 2 is 1.93 bits per heavy atom. The third kappa shape index (κ3) is 7.90. The van der Waals surface area contributed by atoms with E-state index in [9.17, 15) is 14.4 Å². The average molecular weight is 374 g/mol. The first kappa shape index (κ1) is 22.2. The second kappa shape index (κ2) is 11.0. The van der Waals surface area contributed by atoms with Gasteiger partial charge in [-0.15, -0.1) is 0 Å². The van der Waals surface area contributed by atoms with Gasteiger partial charge in [0.15, 0.2) is 0 Å². The number of hydrogen-bond donors (Lipinski definition) is 1. The zero-order chi connectivity index (χ0) is 20.3. The molecule has 1 aromatic rings. The van der Waals surface area contributed by atoms with Crippen molar-refractivity contribution in [1.82, 2.24) is 10.3 Å². The molecule has 1 atom stereocenters. The zero-order valence-corrected chi connectivity index (χ0v) is 16.3. The number of unbranched alkanes of at least 4 members (excludes halogenated alkanes) is 2. The van der Waals surface area contributed by atoms with E-state index >= 15 is 0 Å². The van der Waals surface area contributed by atoms with Crippen molar-refractivity contribution in [2.45, 2.75) is 59.1 Å². The van der Waals surface area contributed by atoms with Crippen LogP contribution in [0.1, 0.15) is 64.8 Å². The Balaban J connectivity index is 3.25. The molecule has 1 unspecified atom stereocenters. The summed E-state index contributed by atoms with van der Waals surface area (Å²) in [6.45, 7) is 5.84. The lowest BCUT2D eigenvalue weighted by Crippen LogP contribution is -2.49. The molecule has 1 N–H and O–H groups in total.